The molecule has 6 nitrogen and oxygen atoms in total. The summed E-state index contributed by atoms with van der Waals surface area (Å²) in [5.41, 5.74) is 5.09. The van der Waals surface area contributed by atoms with Gasteiger partial charge >= 0.3 is 6.09 Å². The number of fused-ring (bicyclic) bond motifs is 4. The van der Waals surface area contributed by atoms with Crippen molar-refractivity contribution in [1.82, 2.24) is 10.2 Å². The summed E-state index contributed by atoms with van der Waals surface area (Å²) >= 11 is 0. The summed E-state index contributed by atoms with van der Waals surface area (Å²) in [5, 5.41) is 3.33. The fourth-order valence-corrected chi connectivity index (χ4v) is 6.26. The Hall–Kier alpha value is -2.57. The van der Waals surface area contributed by atoms with Crippen LogP contribution in [0.1, 0.15) is 49.3 Å². The number of ether oxygens (including phenoxy) is 3. The van der Waals surface area contributed by atoms with E-state index in [-0.39, 0.29) is 30.4 Å². The quantitative estimate of drug-likeness (QED) is 0.617. The molecule has 2 aromatic rings. The van der Waals surface area contributed by atoms with E-state index >= 15 is 0 Å². The average molecular weight is 463 g/mol. The standard InChI is InChI=1S/C28H34N2O4/c1-32-18-33-23-6-4-19(5-7-23)22-3-2-20-8-11-28(12-13-28)26(24(20)16-22)29-27(31)34-25-17-30-14-9-21(25)10-15-30/h2-7,16,21,25-26H,8-15,17-18H2,1H3,(H,29,31)/t25-,26?/m0/s1. The van der Waals surface area contributed by atoms with Gasteiger partial charge in [0.25, 0.3) is 0 Å². The van der Waals surface area contributed by atoms with Gasteiger partial charge in [0, 0.05) is 13.7 Å². The van der Waals surface area contributed by atoms with E-state index in [1.165, 1.54) is 24.0 Å². The summed E-state index contributed by atoms with van der Waals surface area (Å²) < 4.78 is 16.5. The number of piperidine rings is 3. The molecule has 7 rings (SSSR count). The molecule has 2 aromatic carbocycles. The monoisotopic (exact) mass is 462 g/mol. The van der Waals surface area contributed by atoms with Crippen LogP contribution in [0.4, 0.5) is 4.79 Å². The van der Waals surface area contributed by atoms with Crippen LogP contribution in [0.5, 0.6) is 5.75 Å². The van der Waals surface area contributed by atoms with Crippen molar-refractivity contribution in [2.45, 2.75) is 50.7 Å². The van der Waals surface area contributed by atoms with Gasteiger partial charge in [-0.25, -0.2) is 4.79 Å². The van der Waals surface area contributed by atoms with Crippen molar-refractivity contribution in [3.63, 3.8) is 0 Å². The van der Waals surface area contributed by atoms with Gasteiger partial charge in [-0.3, -0.25) is 4.90 Å². The Labute approximate surface area is 201 Å². The van der Waals surface area contributed by atoms with Gasteiger partial charge in [0.15, 0.2) is 6.79 Å². The van der Waals surface area contributed by atoms with Crippen LogP contribution in [0.25, 0.3) is 11.1 Å². The molecule has 2 atom stereocenters. The number of alkyl carbamates (subject to hydrolysis) is 1. The molecule has 1 amide bonds. The van der Waals surface area contributed by atoms with Gasteiger partial charge in [-0.05, 0) is 103 Å². The summed E-state index contributed by atoms with van der Waals surface area (Å²) in [6, 6.07) is 14.8. The number of hydrogen-bond donors (Lipinski definition) is 1. The molecule has 1 N–H and O–H groups in total. The Morgan fingerprint density at radius 3 is 2.50 bits per heavy atom. The van der Waals surface area contributed by atoms with E-state index < -0.39 is 0 Å². The van der Waals surface area contributed by atoms with Crippen molar-refractivity contribution in [2.24, 2.45) is 11.3 Å². The maximum absolute atomic E-state index is 13.1. The van der Waals surface area contributed by atoms with Crippen LogP contribution in [-0.4, -0.2) is 50.6 Å². The fourth-order valence-electron chi connectivity index (χ4n) is 6.26. The van der Waals surface area contributed by atoms with Crippen LogP contribution in [0.2, 0.25) is 0 Å². The van der Waals surface area contributed by atoms with Gasteiger partial charge in [0.1, 0.15) is 11.9 Å². The lowest BCUT2D eigenvalue weighted by atomic mass is 9.76. The zero-order chi connectivity index (χ0) is 23.1. The second kappa shape index (κ2) is 8.90. The number of rotatable bonds is 6. The SMILES string of the molecule is COCOc1ccc(-c2ccc3c(c2)C(NC(=O)O[C@H]2CN4CCC2CC4)C2(CC3)CC2)cc1. The van der Waals surface area contributed by atoms with E-state index in [0.29, 0.717) is 5.92 Å². The van der Waals surface area contributed by atoms with Crippen LogP contribution in [-0.2, 0) is 15.9 Å². The summed E-state index contributed by atoms with van der Waals surface area (Å²) in [6.45, 7) is 3.42. The highest BCUT2D eigenvalue weighted by Gasteiger charge is 2.53. The number of nitrogens with zero attached hydrogens (tertiary/aromatic N) is 1. The molecule has 180 valence electrons. The minimum absolute atomic E-state index is 0.0223. The lowest BCUT2D eigenvalue weighted by molar-refractivity contribution is -0.0347. The largest absolute Gasteiger partial charge is 0.468 e. The van der Waals surface area contributed by atoms with Crippen LogP contribution in [0.15, 0.2) is 42.5 Å². The van der Waals surface area contributed by atoms with Crippen molar-refractivity contribution in [3.05, 3.63) is 53.6 Å². The molecular weight excluding hydrogens is 428 g/mol. The zero-order valence-corrected chi connectivity index (χ0v) is 19.9. The third-order valence-corrected chi connectivity index (χ3v) is 8.50. The van der Waals surface area contributed by atoms with Crippen molar-refractivity contribution in [1.29, 1.82) is 0 Å². The predicted octanol–water partition coefficient (Wildman–Crippen LogP) is 4.92. The second-order valence-corrected chi connectivity index (χ2v) is 10.5. The lowest BCUT2D eigenvalue weighted by Gasteiger charge is -2.44. The number of amides is 1. The van der Waals surface area contributed by atoms with E-state index in [9.17, 15) is 4.79 Å². The third-order valence-electron chi connectivity index (χ3n) is 8.50. The Balaban J connectivity index is 1.21. The minimum Gasteiger partial charge on any atom is -0.468 e. The first-order valence-corrected chi connectivity index (χ1v) is 12.7. The molecule has 3 aliphatic heterocycles. The number of aryl methyl sites for hydroxylation is 1. The second-order valence-electron chi connectivity index (χ2n) is 10.5. The van der Waals surface area contributed by atoms with Gasteiger partial charge in [-0.2, -0.15) is 0 Å². The predicted molar refractivity (Wildman–Crippen MR) is 130 cm³/mol. The van der Waals surface area contributed by atoms with Crippen LogP contribution < -0.4 is 10.1 Å². The first-order valence-electron chi connectivity index (χ1n) is 12.7. The Morgan fingerprint density at radius 1 is 1.06 bits per heavy atom. The molecule has 2 bridgehead atoms. The highest BCUT2D eigenvalue weighted by molar-refractivity contribution is 5.70. The molecule has 1 unspecified atom stereocenters. The van der Waals surface area contributed by atoms with Crippen molar-refractivity contribution in [3.8, 4) is 16.9 Å². The fraction of sp³-hybridized carbons (Fsp3) is 0.536. The number of benzene rings is 2. The lowest BCUT2D eigenvalue weighted by Crippen LogP contribution is -2.53. The van der Waals surface area contributed by atoms with Gasteiger partial charge in [-0.15, -0.1) is 0 Å². The maximum Gasteiger partial charge on any atom is 0.407 e. The number of nitrogens with one attached hydrogen (secondary N) is 1. The average Bonchev–Trinajstić information content (AvgIpc) is 3.66. The Bertz CT molecular complexity index is 1040. The maximum atomic E-state index is 13.1. The molecule has 6 heteroatoms. The van der Waals surface area contributed by atoms with Crippen LogP contribution in [0.3, 0.4) is 0 Å². The molecule has 0 aromatic heterocycles. The summed E-state index contributed by atoms with van der Waals surface area (Å²) in [5.74, 6) is 1.31. The molecule has 3 heterocycles. The van der Waals surface area contributed by atoms with Gasteiger partial charge in [0.2, 0.25) is 0 Å². The highest BCUT2D eigenvalue weighted by atomic mass is 16.7. The van der Waals surface area contributed by atoms with Crippen molar-refractivity contribution < 1.29 is 19.0 Å². The van der Waals surface area contributed by atoms with Gasteiger partial charge in [0.05, 0.1) is 6.04 Å². The summed E-state index contributed by atoms with van der Waals surface area (Å²) in [6.07, 6.45) is 6.64. The van der Waals surface area contributed by atoms with E-state index in [1.54, 1.807) is 7.11 Å². The molecule has 3 saturated heterocycles. The topological polar surface area (TPSA) is 60.0 Å². The van der Waals surface area contributed by atoms with E-state index in [2.05, 4.69) is 40.5 Å². The first kappa shape index (κ1) is 21.9. The van der Waals surface area contributed by atoms with E-state index in [1.807, 2.05) is 12.1 Å². The first-order chi connectivity index (χ1) is 16.6. The minimum atomic E-state index is -0.243. The number of hydrogen-bond acceptors (Lipinski definition) is 5. The molecule has 34 heavy (non-hydrogen) atoms. The zero-order valence-electron chi connectivity index (χ0n) is 19.9. The third kappa shape index (κ3) is 4.18. The number of methoxy groups -OCH3 is 1. The molecule has 0 radical (unpaired) electrons. The Morgan fingerprint density at radius 2 is 1.82 bits per heavy atom. The van der Waals surface area contributed by atoms with E-state index in [4.69, 9.17) is 14.2 Å². The molecule has 5 aliphatic rings. The summed E-state index contributed by atoms with van der Waals surface area (Å²) in [7, 11) is 1.62. The number of carbonyl (C=O) groups excluding carboxylic acids is 1. The van der Waals surface area contributed by atoms with Crippen LogP contribution >= 0.6 is 0 Å². The molecule has 2 aliphatic carbocycles. The highest BCUT2D eigenvalue weighted by Crippen LogP contribution is 2.61. The van der Waals surface area contributed by atoms with Crippen molar-refractivity contribution >= 4 is 6.09 Å². The molecular formula is C28H34N2O4. The Kier molecular flexibility index (Phi) is 5.74. The van der Waals surface area contributed by atoms with Crippen molar-refractivity contribution in [2.75, 3.05) is 33.5 Å². The van der Waals surface area contributed by atoms with Gasteiger partial charge < -0.3 is 19.5 Å². The van der Waals surface area contributed by atoms with Crippen LogP contribution in [0, 0.1) is 11.3 Å². The van der Waals surface area contributed by atoms with Gasteiger partial charge in [-0.1, -0.05) is 24.3 Å². The van der Waals surface area contributed by atoms with E-state index in [0.717, 1.165) is 62.2 Å². The normalized spacial score (nSPS) is 28.3. The molecule has 1 saturated carbocycles. The molecule has 1 spiro atoms. The summed E-state index contributed by atoms with van der Waals surface area (Å²) in [4.78, 5) is 15.5. The number of carbonyl (C=O) groups is 1. The molecule has 4 fully saturated rings. The smallest absolute Gasteiger partial charge is 0.407 e.